The van der Waals surface area contributed by atoms with Crippen molar-refractivity contribution in [3.05, 3.63) is 57.9 Å². The number of ketones is 1. The Morgan fingerprint density at radius 2 is 1.79 bits per heavy atom. The molecule has 7 nitrogen and oxygen atoms in total. The Labute approximate surface area is 181 Å². The van der Waals surface area contributed by atoms with Crippen LogP contribution in [0.15, 0.2) is 46.0 Å². The first-order chi connectivity index (χ1) is 14.0. The number of nitrogens with zero attached hydrogens (tertiary/aromatic N) is 2. The van der Waals surface area contributed by atoms with Crippen molar-refractivity contribution in [2.24, 2.45) is 0 Å². The van der Waals surface area contributed by atoms with E-state index < -0.39 is 0 Å². The molecule has 0 atom stereocenters. The highest BCUT2D eigenvalue weighted by atomic mass is 35.5. The molecule has 1 aromatic heterocycles. The molecule has 0 spiro atoms. The molecule has 0 bridgehead atoms. The summed E-state index contributed by atoms with van der Waals surface area (Å²) in [5, 5.41) is 8.96. The van der Waals surface area contributed by atoms with Gasteiger partial charge in [-0.15, -0.1) is 10.2 Å². The number of hydrogen-bond donors (Lipinski definition) is 0. The Kier molecular flexibility index (Phi) is 7.24. The van der Waals surface area contributed by atoms with Crippen LogP contribution in [0.2, 0.25) is 10.0 Å². The average molecular weight is 455 g/mol. The molecule has 0 aliphatic carbocycles. The molecule has 0 fully saturated rings. The van der Waals surface area contributed by atoms with Gasteiger partial charge in [0.2, 0.25) is 0 Å². The average Bonchev–Trinajstić information content (AvgIpc) is 3.18. The second-order valence-corrected chi connectivity index (χ2v) is 7.38. The van der Waals surface area contributed by atoms with Crippen LogP contribution in [-0.4, -0.2) is 36.0 Å². The van der Waals surface area contributed by atoms with Crippen molar-refractivity contribution >= 4 is 40.7 Å². The summed E-state index contributed by atoms with van der Waals surface area (Å²) in [6.45, 7) is 0.0402. The van der Waals surface area contributed by atoms with E-state index in [9.17, 15) is 4.79 Å². The third-order valence-electron chi connectivity index (χ3n) is 3.73. The molecule has 29 heavy (non-hydrogen) atoms. The fraction of sp³-hybridized carbons (Fsp3) is 0.211. The van der Waals surface area contributed by atoms with Gasteiger partial charge >= 0.3 is 0 Å². The van der Waals surface area contributed by atoms with E-state index in [4.69, 9.17) is 41.8 Å². The molecule has 152 valence electrons. The van der Waals surface area contributed by atoms with Crippen LogP contribution in [0, 0.1) is 0 Å². The number of carbonyl (C=O) groups excluding carboxylic acids is 1. The normalized spacial score (nSPS) is 10.6. The Balaban J connectivity index is 1.55. The molecular weight excluding hydrogens is 439 g/mol. The van der Waals surface area contributed by atoms with Crippen molar-refractivity contribution in [1.29, 1.82) is 0 Å². The quantitative estimate of drug-likeness (QED) is 0.331. The van der Waals surface area contributed by atoms with Crippen LogP contribution in [0.4, 0.5) is 0 Å². The van der Waals surface area contributed by atoms with Crippen LogP contribution in [0.3, 0.4) is 0 Å². The molecule has 0 saturated carbocycles. The molecule has 2 aromatic carbocycles. The summed E-state index contributed by atoms with van der Waals surface area (Å²) in [5.41, 5.74) is 0.496. The van der Waals surface area contributed by atoms with Crippen LogP contribution in [0.1, 0.15) is 16.2 Å². The van der Waals surface area contributed by atoms with E-state index in [1.54, 1.807) is 36.4 Å². The number of hydrogen-bond acceptors (Lipinski definition) is 8. The van der Waals surface area contributed by atoms with E-state index in [0.29, 0.717) is 32.9 Å². The standard InChI is InChI=1S/C19H16Cl2N2O5S/c1-25-16-5-3-11(7-17(16)26-2)14(24)10-29-19-23-22-18(28-19)9-27-15-6-4-12(20)8-13(15)21/h3-8H,9-10H2,1-2H3. The van der Waals surface area contributed by atoms with E-state index in [1.807, 2.05) is 0 Å². The number of rotatable bonds is 9. The van der Waals surface area contributed by atoms with Gasteiger partial charge in [-0.2, -0.15) is 0 Å². The number of ether oxygens (including phenoxy) is 3. The fourth-order valence-corrected chi connectivity index (χ4v) is 3.44. The van der Waals surface area contributed by atoms with Gasteiger partial charge in [0.1, 0.15) is 5.75 Å². The number of halogens is 2. The molecule has 3 rings (SSSR count). The van der Waals surface area contributed by atoms with Crippen molar-refractivity contribution in [3.63, 3.8) is 0 Å². The Morgan fingerprint density at radius 1 is 1.03 bits per heavy atom. The molecule has 0 aliphatic rings. The summed E-state index contributed by atoms with van der Waals surface area (Å²) in [6, 6.07) is 9.88. The van der Waals surface area contributed by atoms with Crippen molar-refractivity contribution in [2.45, 2.75) is 11.8 Å². The van der Waals surface area contributed by atoms with Crippen LogP contribution in [-0.2, 0) is 6.61 Å². The largest absolute Gasteiger partial charge is 0.493 e. The summed E-state index contributed by atoms with van der Waals surface area (Å²) in [5.74, 6) is 1.77. The maximum atomic E-state index is 12.4. The van der Waals surface area contributed by atoms with Crippen LogP contribution < -0.4 is 14.2 Å². The SMILES string of the molecule is COc1ccc(C(=O)CSc2nnc(COc3ccc(Cl)cc3Cl)o2)cc1OC. The van der Waals surface area contributed by atoms with Crippen molar-refractivity contribution in [2.75, 3.05) is 20.0 Å². The number of methoxy groups -OCH3 is 2. The molecule has 3 aromatic rings. The molecule has 0 amide bonds. The second-order valence-electron chi connectivity index (χ2n) is 5.61. The third-order valence-corrected chi connectivity index (χ3v) is 5.07. The molecule has 0 aliphatic heterocycles. The summed E-state index contributed by atoms with van der Waals surface area (Å²) in [6.07, 6.45) is 0. The van der Waals surface area contributed by atoms with Gasteiger partial charge < -0.3 is 18.6 Å². The number of thioether (sulfide) groups is 1. The van der Waals surface area contributed by atoms with E-state index >= 15 is 0 Å². The predicted octanol–water partition coefficient (Wildman–Crippen LogP) is 4.95. The fourth-order valence-electron chi connectivity index (χ4n) is 2.31. The van der Waals surface area contributed by atoms with Gasteiger partial charge in [0.15, 0.2) is 23.9 Å². The number of aromatic nitrogens is 2. The lowest BCUT2D eigenvalue weighted by Gasteiger charge is -2.08. The van der Waals surface area contributed by atoms with Gasteiger partial charge in [-0.05, 0) is 36.4 Å². The maximum Gasteiger partial charge on any atom is 0.277 e. The molecule has 0 N–H and O–H groups in total. The number of benzene rings is 2. The molecule has 10 heteroatoms. The predicted molar refractivity (Wildman–Crippen MR) is 110 cm³/mol. The topological polar surface area (TPSA) is 83.7 Å². The highest BCUT2D eigenvalue weighted by molar-refractivity contribution is 7.99. The van der Waals surface area contributed by atoms with E-state index in [1.165, 1.54) is 14.2 Å². The lowest BCUT2D eigenvalue weighted by atomic mass is 10.1. The van der Waals surface area contributed by atoms with Crippen LogP contribution >= 0.6 is 35.0 Å². The second kappa shape index (κ2) is 9.87. The minimum atomic E-state index is -0.111. The van der Waals surface area contributed by atoms with E-state index in [2.05, 4.69) is 10.2 Å². The first-order valence-corrected chi connectivity index (χ1v) is 10.0. The number of carbonyl (C=O) groups is 1. The molecule has 0 unspecified atom stereocenters. The van der Waals surface area contributed by atoms with Crippen LogP contribution in [0.5, 0.6) is 17.2 Å². The maximum absolute atomic E-state index is 12.4. The Hall–Kier alpha value is -2.42. The molecule has 1 heterocycles. The van der Waals surface area contributed by atoms with Gasteiger partial charge in [-0.1, -0.05) is 35.0 Å². The van der Waals surface area contributed by atoms with Crippen LogP contribution in [0.25, 0.3) is 0 Å². The molecule has 0 saturated heterocycles. The van der Waals surface area contributed by atoms with Crippen molar-refractivity contribution < 1.29 is 23.4 Å². The zero-order chi connectivity index (χ0) is 20.8. The molecular formula is C19H16Cl2N2O5S. The van der Waals surface area contributed by atoms with Gasteiger partial charge in [-0.25, -0.2) is 0 Å². The van der Waals surface area contributed by atoms with Gasteiger partial charge in [0.05, 0.1) is 25.0 Å². The summed E-state index contributed by atoms with van der Waals surface area (Å²) < 4.78 is 21.4. The summed E-state index contributed by atoms with van der Waals surface area (Å²) >= 11 is 13.0. The Morgan fingerprint density at radius 3 is 2.52 bits per heavy atom. The first kappa shape index (κ1) is 21.3. The monoisotopic (exact) mass is 454 g/mol. The summed E-state index contributed by atoms with van der Waals surface area (Å²) in [4.78, 5) is 12.4. The van der Waals surface area contributed by atoms with E-state index in [-0.39, 0.29) is 29.3 Å². The smallest absolute Gasteiger partial charge is 0.277 e. The van der Waals surface area contributed by atoms with Gasteiger partial charge in [0, 0.05) is 10.6 Å². The Bertz CT molecular complexity index is 1010. The highest BCUT2D eigenvalue weighted by Gasteiger charge is 2.14. The number of Topliss-reactive ketones (excluding diaryl/α,β-unsaturated/α-hetero) is 1. The lowest BCUT2D eigenvalue weighted by molar-refractivity contribution is 0.102. The molecule has 0 radical (unpaired) electrons. The minimum absolute atomic E-state index is 0.0402. The van der Waals surface area contributed by atoms with Gasteiger partial charge in [0.25, 0.3) is 11.1 Å². The van der Waals surface area contributed by atoms with Crippen molar-refractivity contribution in [1.82, 2.24) is 10.2 Å². The van der Waals surface area contributed by atoms with E-state index in [0.717, 1.165) is 11.8 Å². The zero-order valence-electron chi connectivity index (χ0n) is 15.5. The third kappa shape index (κ3) is 5.56. The van der Waals surface area contributed by atoms with Crippen molar-refractivity contribution in [3.8, 4) is 17.2 Å². The zero-order valence-corrected chi connectivity index (χ0v) is 17.8. The minimum Gasteiger partial charge on any atom is -0.493 e. The first-order valence-electron chi connectivity index (χ1n) is 8.28. The highest BCUT2D eigenvalue weighted by Crippen LogP contribution is 2.29. The lowest BCUT2D eigenvalue weighted by Crippen LogP contribution is -2.03. The summed E-state index contributed by atoms with van der Waals surface area (Å²) in [7, 11) is 3.05. The van der Waals surface area contributed by atoms with Gasteiger partial charge in [-0.3, -0.25) is 4.79 Å².